The lowest BCUT2D eigenvalue weighted by molar-refractivity contribution is -0.117. The molecule has 2 aromatic carbocycles. The summed E-state index contributed by atoms with van der Waals surface area (Å²) in [7, 11) is 0. The number of nitrogens with zero attached hydrogens (tertiary/aromatic N) is 3. The Bertz CT molecular complexity index is 1230. The third-order valence-electron chi connectivity index (χ3n) is 4.99. The number of rotatable bonds is 6. The maximum atomic E-state index is 12.6. The van der Waals surface area contributed by atoms with Gasteiger partial charge < -0.3 is 11.1 Å². The van der Waals surface area contributed by atoms with Gasteiger partial charge in [0.25, 0.3) is 0 Å². The predicted octanol–water partition coefficient (Wildman–Crippen LogP) is 4.70. The van der Waals surface area contributed by atoms with Crippen LogP contribution in [0.4, 0.5) is 0 Å². The topological polar surface area (TPSA) is 96.6 Å². The number of nitrogens with one attached hydrogen (secondary N) is 1. The highest BCUT2D eigenvalue weighted by atomic mass is 32.2. The van der Waals surface area contributed by atoms with Crippen LogP contribution in [0.25, 0.3) is 16.9 Å². The Morgan fingerprint density at radius 1 is 1.10 bits per heavy atom. The Kier molecular flexibility index (Phi) is 6.24. The highest BCUT2D eigenvalue weighted by Gasteiger charge is 2.19. The van der Waals surface area contributed by atoms with Crippen LogP contribution < -0.4 is 5.73 Å². The van der Waals surface area contributed by atoms with Crippen LogP contribution in [0.1, 0.15) is 23.5 Å². The number of thioether (sulfide) groups is 1. The molecule has 1 unspecified atom stereocenters. The summed E-state index contributed by atoms with van der Waals surface area (Å²) in [5, 5.41) is 7.16. The smallest absolute Gasteiger partial charge is 0.249 e. The average Bonchev–Trinajstić information content (AvgIpc) is 3.22. The molecule has 2 heterocycles. The van der Waals surface area contributed by atoms with E-state index in [1.54, 1.807) is 0 Å². The molecule has 0 saturated carbocycles. The van der Waals surface area contributed by atoms with Crippen LogP contribution >= 0.6 is 11.8 Å². The number of imidazole rings is 1. The number of pyridine rings is 1. The summed E-state index contributed by atoms with van der Waals surface area (Å²) in [5.41, 5.74) is 10.8. The van der Waals surface area contributed by atoms with E-state index >= 15 is 0 Å². The summed E-state index contributed by atoms with van der Waals surface area (Å²) in [5.74, 6) is 0.380. The minimum atomic E-state index is -0.320. The zero-order valence-electron chi connectivity index (χ0n) is 16.7. The van der Waals surface area contributed by atoms with Crippen molar-refractivity contribution >= 4 is 33.9 Å². The van der Waals surface area contributed by atoms with E-state index in [4.69, 9.17) is 11.1 Å². The van der Waals surface area contributed by atoms with Gasteiger partial charge in [0.15, 0.2) is 5.17 Å². The van der Waals surface area contributed by atoms with E-state index < -0.39 is 0 Å². The predicted molar refractivity (Wildman–Crippen MR) is 127 cm³/mol. The van der Waals surface area contributed by atoms with Crippen molar-refractivity contribution in [3.8, 4) is 11.4 Å². The van der Waals surface area contributed by atoms with Crippen LogP contribution in [-0.4, -0.2) is 26.0 Å². The van der Waals surface area contributed by atoms with Crippen LogP contribution in [0, 0.1) is 5.41 Å². The maximum absolute atomic E-state index is 12.6. The standard InChI is InChI=1S/C24H21N5OS/c25-16-31-24(26)28-22(30)14-21(17-7-3-1-4-8-17)19-11-12-29-20(13-19)15-27-23(29)18-9-5-2-6-10-18/h1-13,15-16,21,25H,14H2,(H2,26,28,30). The fraction of sp³-hybridized carbons (Fsp3) is 0.0833. The molecule has 0 bridgehead atoms. The molecule has 4 aromatic rings. The molecule has 0 aliphatic carbocycles. The summed E-state index contributed by atoms with van der Waals surface area (Å²) >= 11 is 0.918. The first-order valence-electron chi connectivity index (χ1n) is 9.75. The molecular weight excluding hydrogens is 406 g/mol. The molecule has 0 fully saturated rings. The fourth-order valence-corrected chi connectivity index (χ4v) is 3.85. The minimum Gasteiger partial charge on any atom is -0.378 e. The summed E-state index contributed by atoms with van der Waals surface area (Å²) in [4.78, 5) is 21.1. The largest absolute Gasteiger partial charge is 0.378 e. The minimum absolute atomic E-state index is 0.0746. The van der Waals surface area contributed by atoms with Crippen molar-refractivity contribution in [1.82, 2.24) is 9.38 Å². The van der Waals surface area contributed by atoms with Crippen molar-refractivity contribution in [1.29, 1.82) is 5.41 Å². The Labute approximate surface area is 184 Å². The Morgan fingerprint density at radius 2 is 1.81 bits per heavy atom. The summed E-state index contributed by atoms with van der Waals surface area (Å²) in [6.07, 6.45) is 4.01. The van der Waals surface area contributed by atoms with Gasteiger partial charge in [-0.3, -0.25) is 9.20 Å². The van der Waals surface area contributed by atoms with E-state index in [0.29, 0.717) is 0 Å². The SMILES string of the molecule is N=CSC(N)=NC(=O)CC(c1ccccc1)c1ccn2c(-c3ccccc3)ncc2c1. The molecule has 1 amide bonds. The zero-order chi connectivity index (χ0) is 21.6. The van der Waals surface area contributed by atoms with Gasteiger partial charge in [0, 0.05) is 24.1 Å². The molecule has 0 spiro atoms. The zero-order valence-corrected chi connectivity index (χ0v) is 17.5. The number of benzene rings is 2. The molecule has 0 radical (unpaired) electrons. The van der Waals surface area contributed by atoms with Gasteiger partial charge in [-0.25, -0.2) is 4.98 Å². The molecule has 1 atom stereocenters. The summed E-state index contributed by atoms with van der Waals surface area (Å²) in [6, 6.07) is 24.0. The van der Waals surface area contributed by atoms with Gasteiger partial charge in [0.05, 0.1) is 17.3 Å². The third-order valence-corrected chi connectivity index (χ3v) is 5.44. The average molecular weight is 428 g/mol. The molecule has 0 aliphatic heterocycles. The van der Waals surface area contributed by atoms with Gasteiger partial charge in [0.1, 0.15) is 5.82 Å². The molecule has 154 valence electrons. The summed E-state index contributed by atoms with van der Waals surface area (Å²) in [6.45, 7) is 0. The lowest BCUT2D eigenvalue weighted by atomic mass is 9.88. The van der Waals surface area contributed by atoms with Gasteiger partial charge in [0.2, 0.25) is 5.91 Å². The summed E-state index contributed by atoms with van der Waals surface area (Å²) < 4.78 is 2.04. The molecule has 0 aliphatic rings. The molecule has 3 N–H and O–H groups in total. The number of amidine groups is 1. The van der Waals surface area contributed by atoms with Crippen LogP contribution in [0.3, 0.4) is 0 Å². The van der Waals surface area contributed by atoms with Gasteiger partial charge in [-0.1, -0.05) is 60.7 Å². The first kappa shape index (κ1) is 20.6. The fourth-order valence-electron chi connectivity index (χ4n) is 3.58. The van der Waals surface area contributed by atoms with Crippen molar-refractivity contribution in [2.24, 2.45) is 10.7 Å². The molecule has 2 aromatic heterocycles. The van der Waals surface area contributed by atoms with Gasteiger partial charge in [-0.2, -0.15) is 4.99 Å². The number of carbonyl (C=O) groups is 1. The maximum Gasteiger partial charge on any atom is 0.249 e. The first-order valence-corrected chi connectivity index (χ1v) is 10.6. The highest BCUT2D eigenvalue weighted by Crippen LogP contribution is 2.30. The van der Waals surface area contributed by atoms with Gasteiger partial charge in [-0.15, -0.1) is 0 Å². The van der Waals surface area contributed by atoms with E-state index in [1.165, 1.54) is 0 Å². The van der Waals surface area contributed by atoms with E-state index in [1.807, 2.05) is 83.5 Å². The van der Waals surface area contributed by atoms with Crippen LogP contribution in [-0.2, 0) is 4.79 Å². The van der Waals surface area contributed by atoms with E-state index in [-0.39, 0.29) is 23.4 Å². The number of aliphatic imine (C=N–C) groups is 1. The van der Waals surface area contributed by atoms with Crippen molar-refractivity contribution in [3.63, 3.8) is 0 Å². The first-order chi connectivity index (χ1) is 15.2. The number of hydrogen-bond donors (Lipinski definition) is 2. The number of fused-ring (bicyclic) bond motifs is 1. The second-order valence-corrected chi connectivity index (χ2v) is 7.84. The van der Waals surface area contributed by atoms with Crippen LogP contribution in [0.5, 0.6) is 0 Å². The number of aromatic nitrogens is 2. The van der Waals surface area contributed by atoms with Crippen LogP contribution in [0.15, 0.2) is 90.2 Å². The molecule has 4 rings (SSSR count). The molecular formula is C24H21N5OS. The van der Waals surface area contributed by atoms with Crippen molar-refractivity contribution in [3.05, 3.63) is 96.3 Å². The quantitative estimate of drug-likeness (QED) is 0.344. The van der Waals surface area contributed by atoms with E-state index in [9.17, 15) is 4.79 Å². The number of amides is 1. The number of carbonyl (C=O) groups excluding carboxylic acids is 1. The molecule has 6 nitrogen and oxygen atoms in total. The van der Waals surface area contributed by atoms with E-state index in [0.717, 1.165) is 45.3 Å². The molecule has 7 heteroatoms. The van der Waals surface area contributed by atoms with Crippen LogP contribution in [0.2, 0.25) is 0 Å². The lowest BCUT2D eigenvalue weighted by Gasteiger charge is -2.17. The molecule has 0 saturated heterocycles. The normalized spacial score (nSPS) is 12.6. The number of nitrogens with two attached hydrogens (primary N) is 1. The lowest BCUT2D eigenvalue weighted by Crippen LogP contribution is -2.13. The van der Waals surface area contributed by atoms with Crippen molar-refractivity contribution < 1.29 is 4.79 Å². The molecule has 31 heavy (non-hydrogen) atoms. The Morgan fingerprint density at radius 3 is 2.52 bits per heavy atom. The highest BCUT2D eigenvalue weighted by molar-refractivity contribution is 8.24. The van der Waals surface area contributed by atoms with Gasteiger partial charge >= 0.3 is 0 Å². The monoisotopic (exact) mass is 427 g/mol. The van der Waals surface area contributed by atoms with Crippen molar-refractivity contribution in [2.45, 2.75) is 12.3 Å². The number of hydrogen-bond acceptors (Lipinski definition) is 4. The third kappa shape index (κ3) is 4.73. The second kappa shape index (κ2) is 9.40. The van der Waals surface area contributed by atoms with Crippen molar-refractivity contribution in [2.75, 3.05) is 0 Å². The van der Waals surface area contributed by atoms with Gasteiger partial charge in [-0.05, 0) is 35.0 Å². The second-order valence-electron chi connectivity index (χ2n) is 6.95. The Balaban J connectivity index is 1.70. The Hall–Kier alpha value is -3.71. The van der Waals surface area contributed by atoms with E-state index in [2.05, 4.69) is 16.0 Å².